The minimum atomic E-state index is -0.370. The molecule has 0 unspecified atom stereocenters. The van der Waals surface area contributed by atoms with Crippen molar-refractivity contribution in [2.24, 2.45) is 0 Å². The van der Waals surface area contributed by atoms with Crippen molar-refractivity contribution in [2.75, 3.05) is 7.11 Å². The van der Waals surface area contributed by atoms with Crippen LogP contribution < -0.4 is 4.74 Å². The summed E-state index contributed by atoms with van der Waals surface area (Å²) in [5.74, 6) is 1.46. The number of halogens is 1. The van der Waals surface area contributed by atoms with Crippen molar-refractivity contribution in [1.29, 1.82) is 0 Å². The van der Waals surface area contributed by atoms with E-state index < -0.39 is 0 Å². The lowest BCUT2D eigenvalue weighted by atomic mass is 10.1. The maximum atomic E-state index is 12.9. The van der Waals surface area contributed by atoms with Crippen LogP contribution in [0.1, 0.15) is 16.1 Å². The normalized spacial score (nSPS) is 10.9. The molecule has 0 N–H and O–H groups in total. The maximum absolute atomic E-state index is 12.9. The molecule has 120 valence electrons. The van der Waals surface area contributed by atoms with Gasteiger partial charge < -0.3 is 9.15 Å². The van der Waals surface area contributed by atoms with Gasteiger partial charge in [-0.25, -0.2) is 4.39 Å². The summed E-state index contributed by atoms with van der Waals surface area (Å²) in [4.78, 5) is 12.0. The summed E-state index contributed by atoms with van der Waals surface area (Å²) in [5, 5.41) is 0. The summed E-state index contributed by atoms with van der Waals surface area (Å²) in [5.41, 5.74) is 1.34. The molecule has 2 aromatic carbocycles. The second-order valence-electron chi connectivity index (χ2n) is 5.13. The molecule has 3 aromatic rings. The topological polar surface area (TPSA) is 39.4 Å². The van der Waals surface area contributed by atoms with Crippen molar-refractivity contribution < 1.29 is 18.3 Å². The highest BCUT2D eigenvalue weighted by Crippen LogP contribution is 2.25. The molecule has 0 aliphatic heterocycles. The lowest BCUT2D eigenvalue weighted by Gasteiger charge is -2.00. The Balaban J connectivity index is 1.73. The van der Waals surface area contributed by atoms with Crippen molar-refractivity contribution in [3.8, 4) is 17.1 Å². The number of furan rings is 1. The van der Waals surface area contributed by atoms with E-state index in [4.69, 9.17) is 9.15 Å². The van der Waals surface area contributed by atoms with Crippen molar-refractivity contribution in [3.05, 3.63) is 83.9 Å². The lowest BCUT2D eigenvalue weighted by Crippen LogP contribution is -1.93. The molecule has 4 heteroatoms. The number of carbonyl (C=O) groups excluding carboxylic acids is 1. The zero-order chi connectivity index (χ0) is 16.9. The predicted octanol–water partition coefficient (Wildman–Crippen LogP) is 4.99. The van der Waals surface area contributed by atoms with E-state index in [9.17, 15) is 9.18 Å². The molecule has 24 heavy (non-hydrogen) atoms. The fourth-order valence-electron chi connectivity index (χ4n) is 2.22. The molecule has 0 amide bonds. The standard InChI is InChI=1S/C20H15FO3/c1-23-17-8-4-15(5-9-17)20-13-11-18(24-20)10-12-19(22)14-2-6-16(21)7-3-14/h2-13H,1H3. The Bertz CT molecular complexity index is 859. The van der Waals surface area contributed by atoms with E-state index in [0.29, 0.717) is 17.1 Å². The Morgan fingerprint density at radius 1 is 1.00 bits per heavy atom. The van der Waals surface area contributed by atoms with Crippen LogP contribution in [0.15, 0.2) is 71.2 Å². The van der Waals surface area contributed by atoms with E-state index in [-0.39, 0.29) is 11.6 Å². The van der Waals surface area contributed by atoms with Crippen LogP contribution in [-0.4, -0.2) is 12.9 Å². The van der Waals surface area contributed by atoms with Crippen molar-refractivity contribution in [3.63, 3.8) is 0 Å². The van der Waals surface area contributed by atoms with E-state index >= 15 is 0 Å². The quantitative estimate of drug-likeness (QED) is 0.491. The fraction of sp³-hybridized carbons (Fsp3) is 0.0500. The minimum Gasteiger partial charge on any atom is -0.497 e. The molecule has 0 aliphatic rings. The largest absolute Gasteiger partial charge is 0.497 e. The third-order valence-corrected chi connectivity index (χ3v) is 3.53. The monoisotopic (exact) mass is 322 g/mol. The summed E-state index contributed by atoms with van der Waals surface area (Å²) in [6.07, 6.45) is 3.00. The molecular weight excluding hydrogens is 307 g/mol. The van der Waals surface area contributed by atoms with Crippen LogP contribution in [0.5, 0.6) is 5.75 Å². The number of benzene rings is 2. The molecule has 1 aromatic heterocycles. The van der Waals surface area contributed by atoms with Gasteiger partial charge in [0.1, 0.15) is 23.1 Å². The highest BCUT2D eigenvalue weighted by atomic mass is 19.1. The summed E-state index contributed by atoms with van der Waals surface area (Å²) in [6.45, 7) is 0. The molecule has 0 saturated heterocycles. The van der Waals surface area contributed by atoms with Gasteiger partial charge in [0.15, 0.2) is 5.78 Å². The number of allylic oxidation sites excluding steroid dienone is 1. The lowest BCUT2D eigenvalue weighted by molar-refractivity contribution is 0.104. The zero-order valence-corrected chi connectivity index (χ0v) is 13.0. The fourth-order valence-corrected chi connectivity index (χ4v) is 2.22. The van der Waals surface area contributed by atoms with Crippen LogP contribution in [0.4, 0.5) is 4.39 Å². The third-order valence-electron chi connectivity index (χ3n) is 3.53. The molecule has 1 heterocycles. The number of ketones is 1. The van der Waals surface area contributed by atoms with Crippen LogP contribution in [0.2, 0.25) is 0 Å². The molecule has 0 bridgehead atoms. The Morgan fingerprint density at radius 3 is 2.38 bits per heavy atom. The van der Waals surface area contributed by atoms with Gasteiger partial charge in [-0.3, -0.25) is 4.79 Å². The van der Waals surface area contributed by atoms with Crippen LogP contribution in [0, 0.1) is 5.82 Å². The summed E-state index contributed by atoms with van der Waals surface area (Å²) < 4.78 is 23.7. The van der Waals surface area contributed by atoms with Crippen molar-refractivity contribution in [1.82, 2.24) is 0 Å². The third kappa shape index (κ3) is 3.60. The van der Waals surface area contributed by atoms with E-state index in [1.807, 2.05) is 30.3 Å². The predicted molar refractivity (Wildman–Crippen MR) is 90.5 cm³/mol. The molecule has 0 aliphatic carbocycles. The van der Waals surface area contributed by atoms with Crippen molar-refractivity contribution in [2.45, 2.75) is 0 Å². The van der Waals surface area contributed by atoms with Crippen molar-refractivity contribution >= 4 is 11.9 Å². The van der Waals surface area contributed by atoms with E-state index in [2.05, 4.69) is 0 Å². The number of carbonyl (C=O) groups is 1. The van der Waals surface area contributed by atoms with Gasteiger partial charge in [-0.2, -0.15) is 0 Å². The minimum absolute atomic E-state index is 0.211. The van der Waals surface area contributed by atoms with E-state index in [1.165, 1.54) is 30.3 Å². The molecule has 3 rings (SSSR count). The number of ether oxygens (including phenoxy) is 1. The van der Waals surface area contributed by atoms with Gasteiger partial charge in [-0.15, -0.1) is 0 Å². The van der Waals surface area contributed by atoms with Crippen LogP contribution in [0.25, 0.3) is 17.4 Å². The molecule has 0 radical (unpaired) electrons. The number of methoxy groups -OCH3 is 1. The SMILES string of the molecule is COc1ccc(-c2ccc(C=CC(=O)c3ccc(F)cc3)o2)cc1. The second-order valence-corrected chi connectivity index (χ2v) is 5.13. The first-order valence-electron chi connectivity index (χ1n) is 7.38. The average Bonchev–Trinajstić information content (AvgIpc) is 3.09. The van der Waals surface area contributed by atoms with E-state index in [1.54, 1.807) is 19.3 Å². The molecule has 0 spiro atoms. The average molecular weight is 322 g/mol. The Labute approximate surface area is 139 Å². The highest BCUT2D eigenvalue weighted by Gasteiger charge is 2.05. The van der Waals surface area contributed by atoms with Gasteiger partial charge in [0.25, 0.3) is 0 Å². The van der Waals surface area contributed by atoms with E-state index in [0.717, 1.165) is 11.3 Å². The summed E-state index contributed by atoms with van der Waals surface area (Å²) in [6, 6.07) is 16.5. The van der Waals surface area contributed by atoms with Gasteiger partial charge in [0.2, 0.25) is 0 Å². The Morgan fingerprint density at radius 2 is 1.71 bits per heavy atom. The van der Waals surface area contributed by atoms with Gasteiger partial charge >= 0.3 is 0 Å². The van der Waals surface area contributed by atoms with Gasteiger partial charge in [-0.05, 0) is 72.8 Å². The second kappa shape index (κ2) is 6.96. The van der Waals surface area contributed by atoms with Crippen LogP contribution in [0.3, 0.4) is 0 Å². The smallest absolute Gasteiger partial charge is 0.185 e. The first kappa shape index (κ1) is 15.7. The Kier molecular flexibility index (Phi) is 4.57. The van der Waals surface area contributed by atoms with Gasteiger partial charge in [0, 0.05) is 11.1 Å². The molecule has 0 fully saturated rings. The number of hydrogen-bond acceptors (Lipinski definition) is 3. The zero-order valence-electron chi connectivity index (χ0n) is 13.0. The molecular formula is C20H15FO3. The summed E-state index contributed by atoms with van der Waals surface area (Å²) >= 11 is 0. The molecule has 0 saturated carbocycles. The number of hydrogen-bond donors (Lipinski definition) is 0. The van der Waals surface area contributed by atoms with Gasteiger partial charge in [0.05, 0.1) is 7.11 Å². The number of rotatable bonds is 5. The summed E-state index contributed by atoms with van der Waals surface area (Å²) in [7, 11) is 1.61. The Hall–Kier alpha value is -3.14. The van der Waals surface area contributed by atoms with Crippen LogP contribution in [-0.2, 0) is 0 Å². The highest BCUT2D eigenvalue weighted by molar-refractivity contribution is 6.06. The first-order chi connectivity index (χ1) is 11.7. The van der Waals surface area contributed by atoms with Crippen LogP contribution >= 0.6 is 0 Å². The van der Waals surface area contributed by atoms with Gasteiger partial charge in [-0.1, -0.05) is 0 Å². The maximum Gasteiger partial charge on any atom is 0.185 e. The first-order valence-corrected chi connectivity index (χ1v) is 7.38. The molecule has 0 atom stereocenters. The molecule has 3 nitrogen and oxygen atoms in total.